The van der Waals surface area contributed by atoms with Gasteiger partial charge in [-0.2, -0.15) is 4.98 Å². The van der Waals surface area contributed by atoms with E-state index in [-0.39, 0.29) is 5.88 Å². The van der Waals surface area contributed by atoms with Crippen LogP contribution in [-0.2, 0) is 11.3 Å². The minimum absolute atomic E-state index is 0.147. The van der Waals surface area contributed by atoms with E-state index in [2.05, 4.69) is 25.8 Å². The molecule has 0 atom stereocenters. The molecule has 1 N–H and O–H groups in total. The summed E-state index contributed by atoms with van der Waals surface area (Å²) in [5.74, 6) is 0.147. The van der Waals surface area contributed by atoms with Crippen LogP contribution in [0.25, 0.3) is 0 Å². The highest BCUT2D eigenvalue weighted by molar-refractivity contribution is 9.11. The molecule has 0 spiro atoms. The maximum Gasteiger partial charge on any atom is 0.227 e. The first-order valence-corrected chi connectivity index (χ1v) is 6.01. The first-order chi connectivity index (χ1) is 6.75. The fourth-order valence-electron chi connectivity index (χ4n) is 1.38. The van der Waals surface area contributed by atoms with Gasteiger partial charge in [-0.05, 0) is 15.9 Å². The SMILES string of the molecule is Oc1nc(Br)sc1CN1CCOCC1. The average Bonchev–Trinajstić information content (AvgIpc) is 2.47. The number of hydrogen-bond acceptors (Lipinski definition) is 5. The Balaban J connectivity index is 1.98. The lowest BCUT2D eigenvalue weighted by Crippen LogP contribution is -2.35. The van der Waals surface area contributed by atoms with Gasteiger partial charge < -0.3 is 9.84 Å². The number of morpholine rings is 1. The Morgan fingerprint density at radius 2 is 2.21 bits per heavy atom. The summed E-state index contributed by atoms with van der Waals surface area (Å²) in [5, 5.41) is 9.47. The van der Waals surface area contributed by atoms with Crippen LogP contribution in [0.2, 0.25) is 0 Å². The standard InChI is InChI=1S/C8H11BrN2O2S/c9-8-10-7(12)6(14-8)5-11-1-3-13-4-2-11/h12H,1-5H2. The fraction of sp³-hybridized carbons (Fsp3) is 0.625. The maximum absolute atomic E-state index is 9.47. The fourth-order valence-corrected chi connectivity index (χ4v) is 2.85. The summed E-state index contributed by atoms with van der Waals surface area (Å²) in [6, 6.07) is 0. The van der Waals surface area contributed by atoms with Crippen molar-refractivity contribution < 1.29 is 9.84 Å². The van der Waals surface area contributed by atoms with Gasteiger partial charge in [0.2, 0.25) is 5.88 Å². The van der Waals surface area contributed by atoms with Gasteiger partial charge in [-0.3, -0.25) is 4.90 Å². The molecular formula is C8H11BrN2O2S. The van der Waals surface area contributed by atoms with Crippen LogP contribution in [0.1, 0.15) is 4.88 Å². The molecule has 0 saturated carbocycles. The number of hydrogen-bond donors (Lipinski definition) is 1. The second-order valence-corrected chi connectivity index (χ2v) is 5.46. The van der Waals surface area contributed by atoms with Crippen LogP contribution in [0.4, 0.5) is 0 Å². The Kier molecular flexibility index (Phi) is 3.38. The Morgan fingerprint density at radius 3 is 2.79 bits per heavy atom. The van der Waals surface area contributed by atoms with E-state index in [0.29, 0.717) is 0 Å². The van der Waals surface area contributed by atoms with Crippen molar-refractivity contribution in [1.82, 2.24) is 9.88 Å². The van der Waals surface area contributed by atoms with Crippen LogP contribution < -0.4 is 0 Å². The van der Waals surface area contributed by atoms with Crippen LogP contribution in [0.3, 0.4) is 0 Å². The van der Waals surface area contributed by atoms with Crippen LogP contribution in [0.5, 0.6) is 5.88 Å². The summed E-state index contributed by atoms with van der Waals surface area (Å²) in [5.41, 5.74) is 0. The Hall–Kier alpha value is -0.170. The largest absolute Gasteiger partial charge is 0.492 e. The van der Waals surface area contributed by atoms with Gasteiger partial charge in [0.15, 0.2) is 3.92 Å². The number of nitrogens with zero attached hydrogens (tertiary/aromatic N) is 2. The molecule has 0 radical (unpaired) electrons. The number of rotatable bonds is 2. The van der Waals surface area contributed by atoms with Crippen molar-refractivity contribution in [1.29, 1.82) is 0 Å². The Morgan fingerprint density at radius 1 is 1.50 bits per heavy atom. The lowest BCUT2D eigenvalue weighted by Gasteiger charge is -2.25. The van der Waals surface area contributed by atoms with Crippen LogP contribution in [0.15, 0.2) is 3.92 Å². The van der Waals surface area contributed by atoms with Crippen LogP contribution in [-0.4, -0.2) is 41.3 Å². The van der Waals surface area contributed by atoms with Crippen LogP contribution >= 0.6 is 27.3 Å². The number of halogens is 1. The molecule has 2 rings (SSSR count). The monoisotopic (exact) mass is 278 g/mol. The lowest BCUT2D eigenvalue weighted by atomic mass is 10.4. The first-order valence-electron chi connectivity index (χ1n) is 4.40. The Labute approximate surface area is 94.6 Å². The second kappa shape index (κ2) is 4.57. The van der Waals surface area contributed by atoms with Gasteiger partial charge in [0.25, 0.3) is 0 Å². The lowest BCUT2D eigenvalue weighted by molar-refractivity contribution is 0.0343. The maximum atomic E-state index is 9.47. The predicted molar refractivity (Wildman–Crippen MR) is 57.6 cm³/mol. The van der Waals surface area contributed by atoms with E-state index in [1.165, 1.54) is 11.3 Å². The van der Waals surface area contributed by atoms with E-state index >= 15 is 0 Å². The number of aromatic hydroxyl groups is 1. The summed E-state index contributed by atoms with van der Waals surface area (Å²) in [7, 11) is 0. The second-order valence-electron chi connectivity index (χ2n) is 3.10. The highest BCUT2D eigenvalue weighted by atomic mass is 79.9. The minimum atomic E-state index is 0.147. The molecule has 0 aromatic carbocycles. The normalized spacial score (nSPS) is 18.6. The molecule has 1 aliphatic heterocycles. The van der Waals surface area contributed by atoms with Gasteiger partial charge >= 0.3 is 0 Å². The van der Waals surface area contributed by atoms with Crippen molar-refractivity contribution in [2.24, 2.45) is 0 Å². The van der Waals surface area contributed by atoms with Crippen molar-refractivity contribution in [2.75, 3.05) is 26.3 Å². The summed E-state index contributed by atoms with van der Waals surface area (Å²) in [4.78, 5) is 7.08. The van der Waals surface area contributed by atoms with E-state index in [4.69, 9.17) is 4.74 Å². The van der Waals surface area contributed by atoms with Crippen molar-refractivity contribution in [3.05, 3.63) is 8.79 Å². The van der Waals surface area contributed by atoms with Crippen molar-refractivity contribution in [2.45, 2.75) is 6.54 Å². The molecule has 14 heavy (non-hydrogen) atoms. The minimum Gasteiger partial charge on any atom is -0.492 e. The molecule has 78 valence electrons. The van der Waals surface area contributed by atoms with Crippen molar-refractivity contribution in [3.8, 4) is 5.88 Å². The van der Waals surface area contributed by atoms with Gasteiger partial charge in [0, 0.05) is 19.6 Å². The molecule has 1 saturated heterocycles. The smallest absolute Gasteiger partial charge is 0.227 e. The van der Waals surface area contributed by atoms with Crippen LogP contribution in [0, 0.1) is 0 Å². The summed E-state index contributed by atoms with van der Waals surface area (Å²) >= 11 is 4.73. The number of thiazole rings is 1. The van der Waals surface area contributed by atoms with E-state index in [1.54, 1.807) is 0 Å². The number of ether oxygens (including phenoxy) is 1. The molecule has 6 heteroatoms. The van der Waals surface area contributed by atoms with Crippen molar-refractivity contribution in [3.63, 3.8) is 0 Å². The summed E-state index contributed by atoms with van der Waals surface area (Å²) < 4.78 is 5.98. The molecule has 0 aliphatic carbocycles. The zero-order chi connectivity index (χ0) is 9.97. The zero-order valence-corrected chi connectivity index (χ0v) is 9.97. The highest BCUT2D eigenvalue weighted by Gasteiger charge is 2.15. The molecule has 2 heterocycles. The average molecular weight is 279 g/mol. The van der Waals surface area contributed by atoms with Gasteiger partial charge in [-0.1, -0.05) is 0 Å². The Bertz CT molecular complexity index is 312. The molecule has 0 bridgehead atoms. The molecule has 0 amide bonds. The zero-order valence-electron chi connectivity index (χ0n) is 7.57. The van der Waals surface area contributed by atoms with Gasteiger partial charge in [0.1, 0.15) is 0 Å². The third-order valence-corrected chi connectivity index (χ3v) is 3.60. The van der Waals surface area contributed by atoms with E-state index < -0.39 is 0 Å². The quantitative estimate of drug-likeness (QED) is 0.890. The predicted octanol–water partition coefficient (Wildman–Crippen LogP) is 1.44. The molecule has 1 aromatic heterocycles. The van der Waals surface area contributed by atoms with Gasteiger partial charge in [0.05, 0.1) is 18.1 Å². The first kappa shape index (κ1) is 10.4. The van der Waals surface area contributed by atoms with E-state index in [1.807, 2.05) is 0 Å². The molecule has 1 aromatic rings. The molecule has 4 nitrogen and oxygen atoms in total. The van der Waals surface area contributed by atoms with Gasteiger partial charge in [-0.15, -0.1) is 11.3 Å². The highest BCUT2D eigenvalue weighted by Crippen LogP contribution is 2.29. The molecular weight excluding hydrogens is 268 g/mol. The van der Waals surface area contributed by atoms with Gasteiger partial charge in [-0.25, -0.2) is 0 Å². The molecule has 0 unspecified atom stereocenters. The third-order valence-electron chi connectivity index (χ3n) is 2.12. The molecule has 1 aliphatic rings. The van der Waals surface area contributed by atoms with E-state index in [9.17, 15) is 5.11 Å². The third kappa shape index (κ3) is 2.44. The molecule has 1 fully saturated rings. The number of aromatic nitrogens is 1. The van der Waals surface area contributed by atoms with Crippen molar-refractivity contribution >= 4 is 27.3 Å². The van der Waals surface area contributed by atoms with E-state index in [0.717, 1.165) is 41.6 Å². The summed E-state index contributed by atoms with van der Waals surface area (Å²) in [6.07, 6.45) is 0. The summed E-state index contributed by atoms with van der Waals surface area (Å²) in [6.45, 7) is 4.17. The topological polar surface area (TPSA) is 45.6 Å².